The first kappa shape index (κ1) is 32.2. The number of carboxylic acids is 1. The number of aromatic carboxylic acids is 1. The Balaban J connectivity index is 1.48. The van der Waals surface area contributed by atoms with Crippen molar-refractivity contribution in [3.8, 4) is 28.3 Å². The standard InChI is InChI=1S/C39H37N3O6/c1-3-5-15-34-35(32-21-16-27(38(44)45)24-33(32)37(43)41-23-22-26-11-9-10-12-28(26)25-41)36(39(46)47-4-2)40-42(34)29-17-19-31(20-18-29)48-30-13-7-6-8-14-30/h6-14,16-21,24H,3-5,15,22-23,25H2,1-2H3,(H,44,45). The third-order valence-electron chi connectivity index (χ3n) is 8.46. The van der Waals surface area contributed by atoms with Crippen LogP contribution in [0.3, 0.4) is 0 Å². The summed E-state index contributed by atoms with van der Waals surface area (Å²) in [5, 5.41) is 14.7. The molecule has 0 aliphatic carbocycles. The fraction of sp³-hybridized carbons (Fsp3) is 0.231. The topological polar surface area (TPSA) is 111 Å². The van der Waals surface area contributed by atoms with E-state index in [1.54, 1.807) is 22.6 Å². The highest BCUT2D eigenvalue weighted by atomic mass is 16.5. The van der Waals surface area contributed by atoms with Crippen LogP contribution in [0.5, 0.6) is 11.5 Å². The number of carbonyl (C=O) groups excluding carboxylic acids is 2. The van der Waals surface area contributed by atoms with Crippen LogP contribution in [0.15, 0.2) is 97.1 Å². The van der Waals surface area contributed by atoms with Crippen molar-refractivity contribution in [2.75, 3.05) is 13.2 Å². The predicted octanol–water partition coefficient (Wildman–Crippen LogP) is 7.75. The highest BCUT2D eigenvalue weighted by Gasteiger charge is 2.31. The molecule has 1 N–H and O–H groups in total. The van der Waals surface area contributed by atoms with Crippen molar-refractivity contribution in [2.24, 2.45) is 0 Å². The fourth-order valence-electron chi connectivity index (χ4n) is 6.06. The van der Waals surface area contributed by atoms with Crippen LogP contribution in [-0.2, 0) is 24.1 Å². The van der Waals surface area contributed by atoms with Gasteiger partial charge in [0.05, 0.1) is 23.6 Å². The fourth-order valence-corrected chi connectivity index (χ4v) is 6.06. The molecule has 48 heavy (non-hydrogen) atoms. The second-order valence-corrected chi connectivity index (χ2v) is 11.6. The molecule has 0 fully saturated rings. The number of para-hydroxylation sites is 1. The SMILES string of the molecule is CCCCc1c(-c2ccc(C(=O)O)cc2C(=O)N2CCc3ccccc3C2)c(C(=O)OCC)nn1-c1ccc(Oc2ccccc2)cc1. The van der Waals surface area contributed by atoms with Crippen molar-refractivity contribution in [1.29, 1.82) is 0 Å². The molecule has 4 aromatic carbocycles. The number of aromatic nitrogens is 2. The Hall–Kier alpha value is -5.70. The number of hydrogen-bond acceptors (Lipinski definition) is 6. The molecular weight excluding hydrogens is 606 g/mol. The quantitative estimate of drug-likeness (QED) is 0.147. The summed E-state index contributed by atoms with van der Waals surface area (Å²) >= 11 is 0. The van der Waals surface area contributed by atoms with Crippen LogP contribution in [-0.4, -0.2) is 50.8 Å². The summed E-state index contributed by atoms with van der Waals surface area (Å²) in [5.41, 5.74) is 4.80. The van der Waals surface area contributed by atoms with Gasteiger partial charge >= 0.3 is 11.9 Å². The molecule has 0 bridgehead atoms. The number of carboxylic acid groups (broad SMARTS) is 1. The second kappa shape index (κ2) is 14.4. The molecule has 9 nitrogen and oxygen atoms in total. The van der Waals surface area contributed by atoms with Gasteiger partial charge in [0.2, 0.25) is 0 Å². The van der Waals surface area contributed by atoms with E-state index in [0.717, 1.165) is 24.1 Å². The van der Waals surface area contributed by atoms with Gasteiger partial charge in [0.1, 0.15) is 11.5 Å². The Morgan fingerprint density at radius 1 is 0.854 bits per heavy atom. The van der Waals surface area contributed by atoms with E-state index in [1.807, 2.05) is 72.8 Å². The molecule has 0 unspecified atom stereocenters. The summed E-state index contributed by atoms with van der Waals surface area (Å²) in [6.07, 6.45) is 2.90. The molecule has 1 amide bonds. The van der Waals surface area contributed by atoms with E-state index in [2.05, 4.69) is 13.0 Å². The average Bonchev–Trinajstić information content (AvgIpc) is 3.50. The number of amides is 1. The largest absolute Gasteiger partial charge is 0.478 e. The van der Waals surface area contributed by atoms with Crippen LogP contribution in [0.2, 0.25) is 0 Å². The first-order valence-electron chi connectivity index (χ1n) is 16.2. The Kier molecular flexibility index (Phi) is 9.66. The molecule has 0 atom stereocenters. The Bertz CT molecular complexity index is 1950. The zero-order valence-electron chi connectivity index (χ0n) is 27.0. The second-order valence-electron chi connectivity index (χ2n) is 11.6. The predicted molar refractivity (Wildman–Crippen MR) is 182 cm³/mol. The van der Waals surface area contributed by atoms with Crippen molar-refractivity contribution in [3.05, 3.63) is 131 Å². The highest BCUT2D eigenvalue weighted by molar-refractivity contribution is 6.06. The highest BCUT2D eigenvalue weighted by Crippen LogP contribution is 2.36. The van der Waals surface area contributed by atoms with Gasteiger partial charge in [-0.05, 0) is 91.4 Å². The van der Waals surface area contributed by atoms with Gasteiger partial charge in [0.15, 0.2) is 5.69 Å². The van der Waals surface area contributed by atoms with Gasteiger partial charge in [-0.2, -0.15) is 5.10 Å². The van der Waals surface area contributed by atoms with E-state index in [9.17, 15) is 19.5 Å². The van der Waals surface area contributed by atoms with Crippen molar-refractivity contribution >= 4 is 17.8 Å². The van der Waals surface area contributed by atoms with Crippen LogP contribution in [0.4, 0.5) is 0 Å². The molecule has 0 radical (unpaired) electrons. The van der Waals surface area contributed by atoms with E-state index in [1.165, 1.54) is 17.7 Å². The van der Waals surface area contributed by atoms with E-state index in [4.69, 9.17) is 14.6 Å². The summed E-state index contributed by atoms with van der Waals surface area (Å²) in [6, 6.07) is 29.4. The molecular formula is C39H37N3O6. The summed E-state index contributed by atoms with van der Waals surface area (Å²) in [7, 11) is 0. The van der Waals surface area contributed by atoms with Crippen molar-refractivity contribution in [3.63, 3.8) is 0 Å². The van der Waals surface area contributed by atoms with Gasteiger partial charge in [0, 0.05) is 24.2 Å². The Morgan fingerprint density at radius 2 is 1.56 bits per heavy atom. The van der Waals surface area contributed by atoms with E-state index < -0.39 is 11.9 Å². The summed E-state index contributed by atoms with van der Waals surface area (Å²) in [5.74, 6) is -0.739. The van der Waals surface area contributed by atoms with Gasteiger partial charge in [0.25, 0.3) is 5.91 Å². The Morgan fingerprint density at radius 3 is 2.27 bits per heavy atom. The molecule has 5 aromatic rings. The summed E-state index contributed by atoms with van der Waals surface area (Å²) in [4.78, 5) is 41.8. The van der Waals surface area contributed by atoms with E-state index in [-0.39, 0.29) is 29.3 Å². The van der Waals surface area contributed by atoms with E-state index >= 15 is 0 Å². The number of esters is 1. The van der Waals surface area contributed by atoms with Gasteiger partial charge in [-0.25, -0.2) is 14.3 Å². The van der Waals surface area contributed by atoms with Gasteiger partial charge in [-0.15, -0.1) is 0 Å². The number of rotatable bonds is 11. The molecule has 9 heteroatoms. The molecule has 0 saturated heterocycles. The van der Waals surface area contributed by atoms with Crippen LogP contribution in [0, 0.1) is 0 Å². The van der Waals surface area contributed by atoms with Crippen LogP contribution >= 0.6 is 0 Å². The molecule has 0 saturated carbocycles. The lowest BCUT2D eigenvalue weighted by Gasteiger charge is -2.29. The lowest BCUT2D eigenvalue weighted by molar-refractivity contribution is 0.0518. The number of benzene rings is 4. The van der Waals surface area contributed by atoms with Crippen molar-refractivity contribution in [2.45, 2.75) is 46.1 Å². The molecule has 2 heterocycles. The first-order chi connectivity index (χ1) is 23.4. The van der Waals surface area contributed by atoms with Crippen molar-refractivity contribution < 1.29 is 29.0 Å². The van der Waals surface area contributed by atoms with E-state index in [0.29, 0.717) is 54.2 Å². The number of hydrogen-bond donors (Lipinski definition) is 1. The first-order valence-corrected chi connectivity index (χ1v) is 16.2. The maximum Gasteiger partial charge on any atom is 0.359 e. The molecule has 1 aliphatic rings. The third kappa shape index (κ3) is 6.71. The third-order valence-corrected chi connectivity index (χ3v) is 8.46. The van der Waals surface area contributed by atoms with Gasteiger partial charge in [-0.1, -0.05) is 61.9 Å². The molecule has 6 rings (SSSR count). The summed E-state index contributed by atoms with van der Waals surface area (Å²) < 4.78 is 13.2. The molecule has 1 aromatic heterocycles. The maximum absolute atomic E-state index is 14.4. The minimum Gasteiger partial charge on any atom is -0.478 e. The maximum atomic E-state index is 14.4. The lowest BCUT2D eigenvalue weighted by Crippen LogP contribution is -2.36. The molecule has 1 aliphatic heterocycles. The number of nitrogens with zero attached hydrogens (tertiary/aromatic N) is 3. The summed E-state index contributed by atoms with van der Waals surface area (Å²) in [6.45, 7) is 4.82. The van der Waals surface area contributed by atoms with Crippen molar-refractivity contribution in [1.82, 2.24) is 14.7 Å². The Labute approximate surface area is 279 Å². The minimum absolute atomic E-state index is 0.0197. The van der Waals surface area contributed by atoms with Gasteiger partial charge < -0.3 is 19.5 Å². The smallest absolute Gasteiger partial charge is 0.359 e. The number of carbonyl (C=O) groups is 3. The molecule has 244 valence electrons. The molecule has 0 spiro atoms. The zero-order chi connectivity index (χ0) is 33.6. The number of ether oxygens (including phenoxy) is 2. The normalized spacial score (nSPS) is 12.3. The monoisotopic (exact) mass is 643 g/mol. The lowest BCUT2D eigenvalue weighted by atomic mass is 9.92. The van der Waals surface area contributed by atoms with Crippen LogP contribution in [0.25, 0.3) is 16.8 Å². The number of fused-ring (bicyclic) bond motifs is 1. The van der Waals surface area contributed by atoms with Crippen LogP contribution in [0.1, 0.15) is 74.7 Å². The van der Waals surface area contributed by atoms with Gasteiger partial charge in [-0.3, -0.25) is 4.79 Å². The zero-order valence-corrected chi connectivity index (χ0v) is 27.0. The average molecular weight is 644 g/mol. The van der Waals surface area contributed by atoms with Crippen LogP contribution < -0.4 is 4.74 Å². The minimum atomic E-state index is -1.15. The number of unbranched alkanes of at least 4 members (excludes halogenated alkanes) is 1.